The lowest BCUT2D eigenvalue weighted by molar-refractivity contribution is 1.12. The van der Waals surface area contributed by atoms with Crippen molar-refractivity contribution in [2.24, 2.45) is 5.73 Å². The molecule has 17 heavy (non-hydrogen) atoms. The third-order valence-electron chi connectivity index (χ3n) is 2.87. The number of hydrogen-bond acceptors (Lipinski definition) is 2. The average Bonchev–Trinajstić information content (AvgIpc) is 2.82. The van der Waals surface area contributed by atoms with E-state index < -0.39 is 0 Å². The molecule has 2 heteroatoms. The van der Waals surface area contributed by atoms with Gasteiger partial charge in [-0.25, -0.2) is 0 Å². The molecule has 2 N–H and O–H groups in total. The van der Waals surface area contributed by atoms with E-state index in [4.69, 9.17) is 5.73 Å². The van der Waals surface area contributed by atoms with Crippen LogP contribution in [0.15, 0.2) is 48.7 Å². The normalized spacial score (nSPS) is 14.9. The van der Waals surface area contributed by atoms with Crippen molar-refractivity contribution in [1.29, 1.82) is 0 Å². The molecule has 1 heterocycles. The first-order chi connectivity index (χ1) is 8.24. The number of nitrogens with zero attached hydrogens (tertiary/aromatic N) is 1. The van der Waals surface area contributed by atoms with Crippen LogP contribution < -0.4 is 5.73 Å². The molecule has 0 aromatic carbocycles. The molecule has 1 aromatic rings. The summed E-state index contributed by atoms with van der Waals surface area (Å²) in [4.78, 5) is 4.35. The summed E-state index contributed by atoms with van der Waals surface area (Å²) in [6.07, 6.45) is 12.5. The van der Waals surface area contributed by atoms with E-state index in [0.717, 1.165) is 34.5 Å². The van der Waals surface area contributed by atoms with E-state index >= 15 is 0 Å². The van der Waals surface area contributed by atoms with Gasteiger partial charge < -0.3 is 5.73 Å². The molecule has 0 saturated heterocycles. The maximum absolute atomic E-state index is 6.18. The van der Waals surface area contributed by atoms with E-state index in [9.17, 15) is 0 Å². The van der Waals surface area contributed by atoms with Crippen LogP contribution in [0.5, 0.6) is 0 Å². The summed E-state index contributed by atoms with van der Waals surface area (Å²) in [5, 5.41) is 0. The maximum Gasteiger partial charge on any atom is 0.0520 e. The van der Waals surface area contributed by atoms with Gasteiger partial charge in [0.25, 0.3) is 0 Å². The molecule has 0 atom stereocenters. The number of fused-ring (bicyclic) bond motifs is 1. The highest BCUT2D eigenvalue weighted by atomic mass is 14.7. The number of hydrogen-bond donors (Lipinski definition) is 1. The van der Waals surface area contributed by atoms with Gasteiger partial charge in [0.1, 0.15) is 0 Å². The molecule has 0 saturated carbocycles. The van der Waals surface area contributed by atoms with Gasteiger partial charge in [0.2, 0.25) is 0 Å². The Morgan fingerprint density at radius 2 is 2.35 bits per heavy atom. The van der Waals surface area contributed by atoms with Crippen molar-refractivity contribution in [3.8, 4) is 0 Å². The lowest BCUT2D eigenvalue weighted by atomic mass is 10.0. The predicted molar refractivity (Wildman–Crippen MR) is 73.1 cm³/mol. The summed E-state index contributed by atoms with van der Waals surface area (Å²) in [7, 11) is 0. The SMILES string of the molecule is C=C/C=C\C(C)=C(/N)c1ccnc2c1C=CC2. The van der Waals surface area contributed by atoms with Crippen LogP contribution >= 0.6 is 0 Å². The molecule has 2 nitrogen and oxygen atoms in total. The largest absolute Gasteiger partial charge is 0.398 e. The van der Waals surface area contributed by atoms with E-state index in [2.05, 4.69) is 23.7 Å². The fraction of sp³-hybridized carbons (Fsp3) is 0.133. The first-order valence-corrected chi connectivity index (χ1v) is 5.64. The Balaban J connectivity index is 2.48. The van der Waals surface area contributed by atoms with Crippen LogP contribution in [0.4, 0.5) is 0 Å². The molecule has 1 aliphatic rings. The minimum absolute atomic E-state index is 0.799. The van der Waals surface area contributed by atoms with Gasteiger partial charge in [0.15, 0.2) is 0 Å². The zero-order valence-electron chi connectivity index (χ0n) is 9.98. The predicted octanol–water partition coefficient (Wildman–Crippen LogP) is 3.08. The van der Waals surface area contributed by atoms with Crippen molar-refractivity contribution in [2.45, 2.75) is 13.3 Å². The lowest BCUT2D eigenvalue weighted by Crippen LogP contribution is -2.03. The van der Waals surface area contributed by atoms with Gasteiger partial charge in [-0.05, 0) is 18.6 Å². The van der Waals surface area contributed by atoms with E-state index in [-0.39, 0.29) is 0 Å². The van der Waals surface area contributed by atoms with Gasteiger partial charge in [0.05, 0.1) is 5.69 Å². The van der Waals surface area contributed by atoms with E-state index in [0.29, 0.717) is 0 Å². The Hall–Kier alpha value is -2.09. The molecule has 0 amide bonds. The summed E-state index contributed by atoms with van der Waals surface area (Å²) in [6.45, 7) is 5.65. The molecule has 0 spiro atoms. The van der Waals surface area contributed by atoms with Gasteiger partial charge >= 0.3 is 0 Å². The van der Waals surface area contributed by atoms with Gasteiger partial charge in [-0.2, -0.15) is 0 Å². The maximum atomic E-state index is 6.18. The van der Waals surface area contributed by atoms with E-state index in [1.54, 1.807) is 6.08 Å². The van der Waals surface area contributed by atoms with Crippen LogP contribution in [0.2, 0.25) is 0 Å². The Bertz CT molecular complexity index is 534. The molecular weight excluding hydrogens is 208 g/mol. The third kappa shape index (κ3) is 2.21. The second-order valence-electron chi connectivity index (χ2n) is 4.02. The molecule has 2 rings (SSSR count). The molecule has 0 unspecified atom stereocenters. The monoisotopic (exact) mass is 224 g/mol. The van der Waals surface area contributed by atoms with Gasteiger partial charge in [-0.15, -0.1) is 0 Å². The highest BCUT2D eigenvalue weighted by Crippen LogP contribution is 2.26. The first-order valence-electron chi connectivity index (χ1n) is 5.64. The number of allylic oxidation sites excluding steroid dienone is 5. The molecule has 0 radical (unpaired) electrons. The summed E-state index contributed by atoms with van der Waals surface area (Å²) in [5.41, 5.74) is 11.3. The molecule has 0 aliphatic heterocycles. The van der Waals surface area contributed by atoms with Crippen LogP contribution in [0, 0.1) is 0 Å². The van der Waals surface area contributed by atoms with Crippen LogP contribution in [0.1, 0.15) is 23.7 Å². The Kier molecular flexibility index (Phi) is 3.24. The second-order valence-corrected chi connectivity index (χ2v) is 4.02. The van der Waals surface area contributed by atoms with Crippen LogP contribution in [-0.2, 0) is 6.42 Å². The quantitative estimate of drug-likeness (QED) is 0.801. The zero-order valence-corrected chi connectivity index (χ0v) is 9.98. The Morgan fingerprint density at radius 3 is 3.12 bits per heavy atom. The highest BCUT2D eigenvalue weighted by Gasteiger charge is 2.12. The lowest BCUT2D eigenvalue weighted by Gasteiger charge is -2.09. The number of pyridine rings is 1. The van der Waals surface area contributed by atoms with Crippen LogP contribution in [-0.4, -0.2) is 4.98 Å². The van der Waals surface area contributed by atoms with Crippen molar-refractivity contribution < 1.29 is 0 Å². The Morgan fingerprint density at radius 1 is 1.53 bits per heavy atom. The molecule has 1 aromatic heterocycles. The minimum Gasteiger partial charge on any atom is -0.398 e. The van der Waals surface area contributed by atoms with Crippen molar-refractivity contribution >= 4 is 11.8 Å². The molecule has 1 aliphatic carbocycles. The van der Waals surface area contributed by atoms with E-state index in [1.165, 1.54) is 0 Å². The fourth-order valence-corrected chi connectivity index (χ4v) is 1.90. The number of nitrogens with two attached hydrogens (primary N) is 1. The highest BCUT2D eigenvalue weighted by molar-refractivity contribution is 5.77. The van der Waals surface area contributed by atoms with Gasteiger partial charge in [0, 0.05) is 29.4 Å². The van der Waals surface area contributed by atoms with Gasteiger partial charge in [-0.1, -0.05) is 37.0 Å². The van der Waals surface area contributed by atoms with Crippen molar-refractivity contribution in [3.05, 3.63) is 65.5 Å². The van der Waals surface area contributed by atoms with Crippen molar-refractivity contribution in [3.63, 3.8) is 0 Å². The smallest absolute Gasteiger partial charge is 0.0520 e. The number of rotatable bonds is 3. The first kappa shape index (κ1) is 11.4. The zero-order chi connectivity index (χ0) is 12.3. The topological polar surface area (TPSA) is 38.9 Å². The van der Waals surface area contributed by atoms with E-state index in [1.807, 2.05) is 31.3 Å². The average molecular weight is 224 g/mol. The third-order valence-corrected chi connectivity index (χ3v) is 2.87. The summed E-state index contributed by atoms with van der Waals surface area (Å²) >= 11 is 0. The summed E-state index contributed by atoms with van der Waals surface area (Å²) in [6, 6.07) is 1.97. The number of aromatic nitrogens is 1. The molecule has 0 bridgehead atoms. The molecular formula is C15H16N2. The second kappa shape index (κ2) is 4.83. The van der Waals surface area contributed by atoms with Crippen LogP contribution in [0.3, 0.4) is 0 Å². The molecule has 0 fully saturated rings. The molecule has 86 valence electrons. The minimum atomic E-state index is 0.799. The Labute approximate surface area is 102 Å². The standard InChI is InChI=1S/C15H16N2/c1-3-4-6-11(2)15(16)13-9-10-17-14-8-5-7-12(13)14/h3-7,9-10H,1,8,16H2,2H3/b6-4-,15-11-. The van der Waals surface area contributed by atoms with Crippen molar-refractivity contribution in [1.82, 2.24) is 4.98 Å². The fourth-order valence-electron chi connectivity index (χ4n) is 1.90. The summed E-state index contributed by atoms with van der Waals surface area (Å²) in [5.74, 6) is 0. The van der Waals surface area contributed by atoms with Crippen LogP contribution in [0.25, 0.3) is 11.8 Å². The summed E-state index contributed by atoms with van der Waals surface area (Å²) < 4.78 is 0. The van der Waals surface area contributed by atoms with Gasteiger partial charge in [-0.3, -0.25) is 4.98 Å². The van der Waals surface area contributed by atoms with Crippen molar-refractivity contribution in [2.75, 3.05) is 0 Å².